The molecule has 5 heteroatoms. The fourth-order valence-electron chi connectivity index (χ4n) is 15.4. The summed E-state index contributed by atoms with van der Waals surface area (Å²) in [7, 11) is -5.44. The van der Waals surface area contributed by atoms with Crippen molar-refractivity contribution >= 4 is 100 Å². The average Bonchev–Trinajstić information content (AvgIpc) is 3.54. The predicted molar refractivity (Wildman–Crippen MR) is 367 cm³/mol. The average molecular weight is 1130 g/mol. The van der Waals surface area contributed by atoms with Crippen molar-refractivity contribution in [1.82, 2.24) is 0 Å². The predicted octanol–water partition coefficient (Wildman–Crippen LogP) is 22.0. The number of ketones is 2. The molecule has 420 valence electrons. The Morgan fingerprint density at radius 2 is 0.561 bits per heavy atom. The number of hydrogen-bond donors (Lipinski definition) is 0. The first-order chi connectivity index (χ1) is 38.9. The highest BCUT2D eigenvalue weighted by Crippen LogP contribution is 2.46. The molecule has 9 aromatic carbocycles. The van der Waals surface area contributed by atoms with Gasteiger partial charge in [0.2, 0.25) is 0 Å². The maximum Gasteiger partial charge on any atom is 0.195 e. The molecule has 10 rings (SSSR count). The van der Waals surface area contributed by atoms with E-state index in [0.717, 1.165) is 21.5 Å². The molecule has 0 spiro atoms. The van der Waals surface area contributed by atoms with Crippen molar-refractivity contribution in [3.63, 3.8) is 0 Å². The van der Waals surface area contributed by atoms with E-state index in [1.807, 2.05) is 60.7 Å². The Bertz CT molecular complexity index is 3770. The molecule has 9 aromatic rings. The smallest absolute Gasteiger partial charge is 0.195 e. The number of carbonyl (C=O) groups excluding carboxylic acids is 2. The standard InChI is InChI=1S/C44H54Si2.C22H12O2.C11H22Si/c1-29(2)45(30(3)4,31(5)6)27-25-41-39-23-21-36-18-14-16-20-38(36)44(39)42(26-28-46(32(7)8,33(9)10)34(11)12)40-24-22-35-17-13-15-19-37(35)43(40)41;23-21-18-12-10-14-6-2-4-8-16(14)20(18)22(24)17-11-9-13-5-1-3-7-15(13)19(17)21;1-8-12(9(2)3,10(4)5)11(6)7/h13-24,29-34H,1-12H3;1-12H;1,9-11H,2-7H3. The largest absolute Gasteiger partial charge is 0.289 e. The molecule has 1 aliphatic rings. The van der Waals surface area contributed by atoms with Crippen molar-refractivity contribution in [2.75, 3.05) is 0 Å². The Morgan fingerprint density at radius 3 is 0.829 bits per heavy atom. The zero-order valence-electron chi connectivity index (χ0n) is 52.4. The van der Waals surface area contributed by atoms with E-state index >= 15 is 0 Å². The lowest BCUT2D eigenvalue weighted by molar-refractivity contribution is 0.0981. The molecule has 0 fully saturated rings. The number of hydrogen-bond acceptors (Lipinski definition) is 2. The fourth-order valence-corrected chi connectivity index (χ4v) is 30.8. The maximum atomic E-state index is 13.2. The molecule has 0 radical (unpaired) electrons. The Kier molecular flexibility index (Phi) is 18.4. The second-order valence-electron chi connectivity index (χ2n) is 26.1. The molecule has 0 bridgehead atoms. The van der Waals surface area contributed by atoms with Gasteiger partial charge in [0.05, 0.1) is 0 Å². The molecule has 0 aromatic heterocycles. The van der Waals surface area contributed by atoms with Crippen LogP contribution in [0.15, 0.2) is 146 Å². The quantitative estimate of drug-likeness (QED) is 0.0625. The molecule has 0 N–H and O–H groups in total. The maximum absolute atomic E-state index is 13.2. The summed E-state index contributed by atoms with van der Waals surface area (Å²) >= 11 is 0. The van der Waals surface area contributed by atoms with Gasteiger partial charge in [-0.1, -0.05) is 270 Å². The first-order valence-corrected chi connectivity index (χ1v) is 37.1. The van der Waals surface area contributed by atoms with Gasteiger partial charge >= 0.3 is 0 Å². The van der Waals surface area contributed by atoms with Gasteiger partial charge < -0.3 is 0 Å². The van der Waals surface area contributed by atoms with E-state index in [1.165, 1.54) is 54.2 Å². The van der Waals surface area contributed by atoms with Gasteiger partial charge in [-0.2, -0.15) is 0 Å². The van der Waals surface area contributed by atoms with Crippen LogP contribution in [0.5, 0.6) is 0 Å². The highest BCUT2D eigenvalue weighted by Gasteiger charge is 2.44. The number of terminal acetylenes is 1. The summed E-state index contributed by atoms with van der Waals surface area (Å²) in [5.41, 5.74) is 21.3. The summed E-state index contributed by atoms with van der Waals surface area (Å²) in [6.07, 6.45) is 5.72. The molecule has 1 aliphatic carbocycles. The topological polar surface area (TPSA) is 34.1 Å². The first-order valence-electron chi connectivity index (χ1n) is 30.4. The minimum atomic E-state index is -1.98. The normalized spacial score (nSPS) is 12.9. The van der Waals surface area contributed by atoms with Crippen LogP contribution in [-0.4, -0.2) is 35.8 Å². The summed E-state index contributed by atoms with van der Waals surface area (Å²) in [5, 5.41) is 13.7. The molecule has 0 amide bonds. The van der Waals surface area contributed by atoms with Gasteiger partial charge in [0, 0.05) is 44.2 Å². The van der Waals surface area contributed by atoms with Crippen LogP contribution in [0.2, 0.25) is 49.9 Å². The lowest BCUT2D eigenvalue weighted by atomic mass is 9.80. The van der Waals surface area contributed by atoms with E-state index in [0.29, 0.717) is 72.1 Å². The summed E-state index contributed by atoms with van der Waals surface area (Å²) in [4.78, 5) is 26.3. The Morgan fingerprint density at radius 1 is 0.305 bits per heavy atom. The van der Waals surface area contributed by atoms with Crippen molar-refractivity contribution < 1.29 is 9.59 Å². The van der Waals surface area contributed by atoms with E-state index in [-0.39, 0.29) is 11.6 Å². The number of carbonyl (C=O) groups is 2. The number of benzene rings is 9. The summed E-state index contributed by atoms with van der Waals surface area (Å²) in [6.45, 7) is 42.6. The van der Waals surface area contributed by atoms with Crippen LogP contribution in [0.25, 0.3) is 64.6 Å². The number of rotatable bonds is 9. The summed E-state index contributed by atoms with van der Waals surface area (Å²) in [5.74, 6) is 7.86. The molecule has 82 heavy (non-hydrogen) atoms. The molecule has 0 saturated carbocycles. The number of fused-ring (bicyclic) bond motifs is 12. The fraction of sp³-hybridized carbons (Fsp3) is 0.351. The van der Waals surface area contributed by atoms with E-state index in [1.54, 1.807) is 12.1 Å². The van der Waals surface area contributed by atoms with E-state index < -0.39 is 24.2 Å². The van der Waals surface area contributed by atoms with Gasteiger partial charge in [-0.25, -0.2) is 0 Å². The molecule has 0 saturated heterocycles. The minimum Gasteiger partial charge on any atom is -0.289 e. The Hall–Kier alpha value is -6.79. The van der Waals surface area contributed by atoms with Crippen molar-refractivity contribution in [1.29, 1.82) is 0 Å². The SMILES string of the molecule is C#C[Si](C(C)C)(C(C)C)C(C)C.CC(C)[Si](C#Cc1c2ccc3ccccc3c2c(C#C[Si](C(C)C)(C(C)C)C(C)C)c2ccc3ccccc3c12)(C(C)C)C(C)C.O=C1c2ccc3ccccc3c2C(=O)c2ccc3ccccc3c21. The van der Waals surface area contributed by atoms with Gasteiger partial charge in [0.1, 0.15) is 24.2 Å². The van der Waals surface area contributed by atoms with E-state index in [2.05, 4.69) is 226 Å². The van der Waals surface area contributed by atoms with Crippen molar-refractivity contribution in [2.24, 2.45) is 0 Å². The lowest BCUT2D eigenvalue weighted by Crippen LogP contribution is -2.43. The zero-order chi connectivity index (χ0) is 59.7. The van der Waals surface area contributed by atoms with Gasteiger partial charge in [0.15, 0.2) is 11.6 Å². The van der Waals surface area contributed by atoms with Gasteiger partial charge in [-0.3, -0.25) is 9.59 Å². The third-order valence-corrected chi connectivity index (χ3v) is 38.2. The Labute approximate surface area is 495 Å². The molecule has 0 unspecified atom stereocenters. The summed E-state index contributed by atoms with van der Waals surface area (Å²) < 4.78 is 0. The van der Waals surface area contributed by atoms with Crippen LogP contribution in [0.4, 0.5) is 0 Å². The van der Waals surface area contributed by atoms with Crippen LogP contribution in [0, 0.1) is 34.9 Å². The van der Waals surface area contributed by atoms with Crippen molar-refractivity contribution in [3.8, 4) is 34.9 Å². The third kappa shape index (κ3) is 10.6. The van der Waals surface area contributed by atoms with Crippen molar-refractivity contribution in [2.45, 2.75) is 174 Å². The minimum absolute atomic E-state index is 0.0675. The second-order valence-corrected chi connectivity index (χ2v) is 42.9. The monoisotopic (exact) mass is 1130 g/mol. The highest BCUT2D eigenvalue weighted by atomic mass is 28.3. The molecule has 2 nitrogen and oxygen atoms in total. The van der Waals surface area contributed by atoms with Gasteiger partial charge in [-0.05, 0) is 116 Å². The van der Waals surface area contributed by atoms with E-state index in [9.17, 15) is 9.59 Å². The molecular weight excluding hydrogens is 1040 g/mol. The van der Waals surface area contributed by atoms with Crippen LogP contribution < -0.4 is 0 Å². The third-order valence-electron chi connectivity index (χ3n) is 19.4. The highest BCUT2D eigenvalue weighted by molar-refractivity contribution is 6.91. The van der Waals surface area contributed by atoms with Gasteiger partial charge in [0.25, 0.3) is 0 Å². The van der Waals surface area contributed by atoms with Crippen LogP contribution >= 0.6 is 0 Å². The van der Waals surface area contributed by atoms with Crippen LogP contribution in [-0.2, 0) is 0 Å². The summed E-state index contributed by atoms with van der Waals surface area (Å²) in [6, 6.07) is 49.8. The van der Waals surface area contributed by atoms with Crippen molar-refractivity contribution in [3.05, 3.63) is 179 Å². The molecule has 0 atom stereocenters. The van der Waals surface area contributed by atoms with E-state index in [4.69, 9.17) is 6.42 Å². The second kappa shape index (κ2) is 24.6. The van der Waals surface area contributed by atoms with Gasteiger partial charge in [-0.15, -0.1) is 23.1 Å². The lowest BCUT2D eigenvalue weighted by Gasteiger charge is -2.38. The molecule has 0 heterocycles. The zero-order valence-corrected chi connectivity index (χ0v) is 55.4. The molecule has 0 aliphatic heterocycles. The van der Waals surface area contributed by atoms with Crippen LogP contribution in [0.1, 0.15) is 168 Å². The first kappa shape index (κ1) is 61.3. The van der Waals surface area contributed by atoms with Crippen LogP contribution in [0.3, 0.4) is 0 Å². The molecular formula is C77H88O2Si3. The Balaban J connectivity index is 0.000000201.